The first-order chi connectivity index (χ1) is 10.1. The van der Waals surface area contributed by atoms with E-state index in [1.165, 1.54) is 0 Å². The molecule has 1 aliphatic heterocycles. The molecular weight excluding hydrogens is 270 g/mol. The molecule has 0 unspecified atom stereocenters. The maximum atomic E-state index is 5.73. The predicted molar refractivity (Wildman–Crippen MR) is 78.7 cm³/mol. The molecule has 21 heavy (non-hydrogen) atoms. The Bertz CT molecular complexity index is 611. The molecule has 0 saturated carbocycles. The van der Waals surface area contributed by atoms with Crippen molar-refractivity contribution in [1.82, 2.24) is 24.7 Å². The minimum Gasteiger partial charge on any atom is -0.372 e. The fourth-order valence-corrected chi connectivity index (χ4v) is 2.28. The zero-order valence-electron chi connectivity index (χ0n) is 12.4. The summed E-state index contributed by atoms with van der Waals surface area (Å²) in [5.41, 5.74) is -0.212. The Morgan fingerprint density at radius 1 is 1.24 bits per heavy atom. The topological polar surface area (TPSA) is 81.0 Å². The van der Waals surface area contributed by atoms with Gasteiger partial charge in [-0.15, -0.1) is 0 Å². The standard InChI is InChI=1S/C13H19N7O/c1-13(2)9-19(7-8-21-13)11-16-10(14-3)17-12(18-11)20-6-4-5-15-20/h4-6H,7-9H2,1-3H3,(H,14,16,17,18). The number of nitrogens with one attached hydrogen (secondary N) is 1. The average Bonchev–Trinajstić information content (AvgIpc) is 3.00. The summed E-state index contributed by atoms with van der Waals surface area (Å²) in [4.78, 5) is 15.4. The largest absolute Gasteiger partial charge is 0.372 e. The van der Waals surface area contributed by atoms with E-state index < -0.39 is 0 Å². The van der Waals surface area contributed by atoms with Crippen LogP contribution in [0.15, 0.2) is 18.5 Å². The molecule has 1 saturated heterocycles. The molecular formula is C13H19N7O. The van der Waals surface area contributed by atoms with Gasteiger partial charge in [0.1, 0.15) is 0 Å². The smallest absolute Gasteiger partial charge is 0.257 e. The first-order valence-corrected chi connectivity index (χ1v) is 6.90. The van der Waals surface area contributed by atoms with Crippen LogP contribution in [0.3, 0.4) is 0 Å². The molecule has 1 aliphatic rings. The van der Waals surface area contributed by atoms with Crippen LogP contribution >= 0.6 is 0 Å². The van der Waals surface area contributed by atoms with Gasteiger partial charge in [-0.1, -0.05) is 0 Å². The van der Waals surface area contributed by atoms with Crippen LogP contribution < -0.4 is 10.2 Å². The lowest BCUT2D eigenvalue weighted by molar-refractivity contribution is -0.0281. The molecule has 1 N–H and O–H groups in total. The number of anilines is 2. The number of rotatable bonds is 3. The van der Waals surface area contributed by atoms with Crippen molar-refractivity contribution in [3.8, 4) is 5.95 Å². The number of morpholine rings is 1. The van der Waals surface area contributed by atoms with Gasteiger partial charge in [-0.3, -0.25) is 0 Å². The van der Waals surface area contributed by atoms with Gasteiger partial charge in [-0.25, -0.2) is 4.68 Å². The lowest BCUT2D eigenvalue weighted by Gasteiger charge is -2.38. The van der Waals surface area contributed by atoms with Crippen molar-refractivity contribution in [2.24, 2.45) is 0 Å². The van der Waals surface area contributed by atoms with Crippen LogP contribution in [-0.4, -0.2) is 57.1 Å². The molecule has 0 spiro atoms. The summed E-state index contributed by atoms with van der Waals surface area (Å²) in [5, 5.41) is 7.14. The van der Waals surface area contributed by atoms with Gasteiger partial charge in [0.15, 0.2) is 0 Å². The van der Waals surface area contributed by atoms with Crippen molar-refractivity contribution in [3.05, 3.63) is 18.5 Å². The SMILES string of the molecule is CNc1nc(N2CCOC(C)(C)C2)nc(-n2cccn2)n1. The Hall–Kier alpha value is -2.22. The molecule has 3 heterocycles. The van der Waals surface area contributed by atoms with Gasteiger partial charge in [-0.2, -0.15) is 20.1 Å². The Balaban J connectivity index is 1.96. The molecule has 8 heteroatoms. The van der Waals surface area contributed by atoms with Gasteiger partial charge >= 0.3 is 0 Å². The van der Waals surface area contributed by atoms with Crippen molar-refractivity contribution in [2.75, 3.05) is 37.0 Å². The second-order valence-electron chi connectivity index (χ2n) is 5.49. The highest BCUT2D eigenvalue weighted by atomic mass is 16.5. The van der Waals surface area contributed by atoms with E-state index in [1.807, 2.05) is 12.3 Å². The fraction of sp³-hybridized carbons (Fsp3) is 0.538. The highest BCUT2D eigenvalue weighted by Crippen LogP contribution is 2.21. The third-order valence-electron chi connectivity index (χ3n) is 3.25. The summed E-state index contributed by atoms with van der Waals surface area (Å²) < 4.78 is 7.35. The quantitative estimate of drug-likeness (QED) is 0.891. The highest BCUT2D eigenvalue weighted by molar-refractivity contribution is 5.40. The molecule has 0 aliphatic carbocycles. The van der Waals surface area contributed by atoms with Gasteiger partial charge in [0.05, 0.1) is 12.2 Å². The van der Waals surface area contributed by atoms with Crippen molar-refractivity contribution < 1.29 is 4.74 Å². The first kappa shape index (κ1) is 13.7. The third-order valence-corrected chi connectivity index (χ3v) is 3.25. The van der Waals surface area contributed by atoms with E-state index in [9.17, 15) is 0 Å². The summed E-state index contributed by atoms with van der Waals surface area (Å²) in [7, 11) is 1.79. The molecule has 3 rings (SSSR count). The van der Waals surface area contributed by atoms with Crippen molar-refractivity contribution in [3.63, 3.8) is 0 Å². The van der Waals surface area contributed by atoms with Crippen molar-refractivity contribution in [1.29, 1.82) is 0 Å². The van der Waals surface area contributed by atoms with Crippen LogP contribution in [0.2, 0.25) is 0 Å². The Morgan fingerprint density at radius 2 is 2.05 bits per heavy atom. The van der Waals surface area contributed by atoms with Crippen LogP contribution in [0.5, 0.6) is 0 Å². The van der Waals surface area contributed by atoms with Gasteiger partial charge in [0, 0.05) is 32.5 Å². The molecule has 0 atom stereocenters. The van der Waals surface area contributed by atoms with E-state index in [4.69, 9.17) is 4.74 Å². The minimum atomic E-state index is -0.212. The lowest BCUT2D eigenvalue weighted by Crippen LogP contribution is -2.49. The number of hydrogen-bond acceptors (Lipinski definition) is 7. The normalized spacial score (nSPS) is 17.8. The maximum Gasteiger partial charge on any atom is 0.257 e. The molecule has 0 bridgehead atoms. The van der Waals surface area contributed by atoms with Crippen LogP contribution in [0.4, 0.5) is 11.9 Å². The predicted octanol–water partition coefficient (Wildman–Crippen LogP) is 0.714. The molecule has 0 radical (unpaired) electrons. The van der Waals surface area contributed by atoms with Gasteiger partial charge in [-0.05, 0) is 19.9 Å². The van der Waals surface area contributed by atoms with E-state index in [1.54, 1.807) is 17.9 Å². The van der Waals surface area contributed by atoms with E-state index in [2.05, 4.69) is 44.1 Å². The van der Waals surface area contributed by atoms with E-state index in [0.717, 1.165) is 13.1 Å². The van der Waals surface area contributed by atoms with E-state index >= 15 is 0 Å². The molecule has 112 valence electrons. The molecule has 2 aromatic rings. The zero-order valence-corrected chi connectivity index (χ0v) is 12.4. The van der Waals surface area contributed by atoms with E-state index in [0.29, 0.717) is 24.5 Å². The van der Waals surface area contributed by atoms with Gasteiger partial charge in [0.25, 0.3) is 5.95 Å². The lowest BCUT2D eigenvalue weighted by atomic mass is 10.1. The molecule has 0 aromatic carbocycles. The summed E-state index contributed by atoms with van der Waals surface area (Å²) in [6.07, 6.45) is 3.50. The van der Waals surface area contributed by atoms with Crippen LogP contribution in [0.1, 0.15) is 13.8 Å². The second kappa shape index (κ2) is 5.28. The summed E-state index contributed by atoms with van der Waals surface area (Å²) >= 11 is 0. The maximum absolute atomic E-state index is 5.73. The van der Waals surface area contributed by atoms with Gasteiger partial charge in [0.2, 0.25) is 11.9 Å². The first-order valence-electron chi connectivity index (χ1n) is 6.90. The Kier molecular flexibility index (Phi) is 3.46. The van der Waals surface area contributed by atoms with Crippen LogP contribution in [0, 0.1) is 0 Å². The van der Waals surface area contributed by atoms with Crippen LogP contribution in [-0.2, 0) is 4.74 Å². The molecule has 8 nitrogen and oxygen atoms in total. The van der Waals surface area contributed by atoms with Crippen LogP contribution in [0.25, 0.3) is 5.95 Å². The second-order valence-corrected chi connectivity index (χ2v) is 5.49. The zero-order chi connectivity index (χ0) is 14.9. The minimum absolute atomic E-state index is 0.212. The van der Waals surface area contributed by atoms with Crippen molar-refractivity contribution >= 4 is 11.9 Å². The average molecular weight is 289 g/mol. The molecule has 0 amide bonds. The Morgan fingerprint density at radius 3 is 2.71 bits per heavy atom. The third kappa shape index (κ3) is 2.94. The van der Waals surface area contributed by atoms with Gasteiger partial charge < -0.3 is 15.0 Å². The summed E-state index contributed by atoms with van der Waals surface area (Å²) in [6, 6.07) is 1.83. The summed E-state index contributed by atoms with van der Waals surface area (Å²) in [5.74, 6) is 1.66. The number of nitrogens with zero attached hydrogens (tertiary/aromatic N) is 6. The highest BCUT2D eigenvalue weighted by Gasteiger charge is 2.29. The fourth-order valence-electron chi connectivity index (χ4n) is 2.28. The molecule has 2 aromatic heterocycles. The Labute approximate surface area is 123 Å². The number of hydrogen-bond donors (Lipinski definition) is 1. The van der Waals surface area contributed by atoms with Crippen molar-refractivity contribution in [2.45, 2.75) is 19.4 Å². The monoisotopic (exact) mass is 289 g/mol. The number of ether oxygens (including phenoxy) is 1. The summed E-state index contributed by atoms with van der Waals surface area (Å²) in [6.45, 7) is 6.28. The number of aromatic nitrogens is 5. The molecule has 1 fully saturated rings. The van der Waals surface area contributed by atoms with E-state index in [-0.39, 0.29) is 5.60 Å².